The first-order valence-corrected chi connectivity index (χ1v) is 23.1. The number of hydrogen-bond acceptors (Lipinski definition) is 10. The van der Waals surface area contributed by atoms with Gasteiger partial charge in [0.1, 0.15) is 17.8 Å². The zero-order valence-corrected chi connectivity index (χ0v) is 37.4. The standard InChI is InChI=1S/C49H76N6O5/c1-5-42-26-24-41(38-55-49-46(48(51-4)52-39-53-49)47(54-55)44-25-23-40(2)45(37-44)50-3)36-43(42)22-12-21-35-60-34-20-11-18-32-58-29-15-8-6-7-14-28-57-31-17-10-19-33-59-30-16-9-13-27-56/h23-26,36-37,39,56H,3,5-22,27-35,38H2,1-2,4H3,(H,51,52,53). The molecule has 4 rings (SSSR count). The number of benzene rings is 2. The number of aliphatic imine (C=N–C) groups is 1. The SMILES string of the molecule is C=Nc1cc(-c2nn(Cc3ccc(CC)c(CCCCOCCCCCOCCCCCCCOCCCCCOCCCCCO)c3)c3ncnc(NC)c23)ccc1C. The summed E-state index contributed by atoms with van der Waals surface area (Å²) in [6, 6.07) is 13.0. The molecule has 332 valence electrons. The van der Waals surface area contributed by atoms with E-state index in [1.54, 1.807) is 6.33 Å². The van der Waals surface area contributed by atoms with Gasteiger partial charge < -0.3 is 29.4 Å². The molecule has 0 aliphatic rings. The van der Waals surface area contributed by atoms with Gasteiger partial charge in [-0.05, 0) is 138 Å². The van der Waals surface area contributed by atoms with E-state index in [2.05, 4.69) is 64.3 Å². The molecule has 0 aliphatic carbocycles. The van der Waals surface area contributed by atoms with Crippen molar-refractivity contribution in [3.05, 3.63) is 65.0 Å². The molecule has 0 saturated heterocycles. The number of ether oxygens (including phenoxy) is 4. The highest BCUT2D eigenvalue weighted by atomic mass is 16.5. The molecule has 0 unspecified atom stereocenters. The lowest BCUT2D eigenvalue weighted by Gasteiger charge is -2.12. The fourth-order valence-corrected chi connectivity index (χ4v) is 7.49. The molecule has 0 bridgehead atoms. The predicted octanol–water partition coefficient (Wildman–Crippen LogP) is 10.6. The first-order valence-electron chi connectivity index (χ1n) is 23.1. The summed E-state index contributed by atoms with van der Waals surface area (Å²) < 4.78 is 25.3. The maximum atomic E-state index is 8.78. The number of aliphatic hydroxyl groups is 1. The lowest BCUT2D eigenvalue weighted by atomic mass is 9.97. The summed E-state index contributed by atoms with van der Waals surface area (Å²) in [7, 11) is 1.88. The molecule has 2 heterocycles. The fourth-order valence-electron chi connectivity index (χ4n) is 7.49. The van der Waals surface area contributed by atoms with Crippen molar-refractivity contribution in [2.24, 2.45) is 4.99 Å². The van der Waals surface area contributed by atoms with Gasteiger partial charge in [-0.15, -0.1) is 0 Å². The van der Waals surface area contributed by atoms with Crippen LogP contribution in [-0.4, -0.2) is 98.1 Å². The van der Waals surface area contributed by atoms with E-state index in [4.69, 9.17) is 29.2 Å². The van der Waals surface area contributed by atoms with E-state index in [0.717, 1.165) is 182 Å². The monoisotopic (exact) mass is 829 g/mol. The van der Waals surface area contributed by atoms with Gasteiger partial charge in [0, 0.05) is 72.1 Å². The highest BCUT2D eigenvalue weighted by molar-refractivity contribution is 5.99. The van der Waals surface area contributed by atoms with Gasteiger partial charge in [-0.1, -0.05) is 56.5 Å². The van der Waals surface area contributed by atoms with E-state index in [-0.39, 0.29) is 6.61 Å². The Hall–Kier alpha value is -3.74. The van der Waals surface area contributed by atoms with Crippen molar-refractivity contribution in [2.75, 3.05) is 71.8 Å². The van der Waals surface area contributed by atoms with Crippen LogP contribution in [0.3, 0.4) is 0 Å². The van der Waals surface area contributed by atoms with Crippen molar-refractivity contribution in [1.29, 1.82) is 0 Å². The van der Waals surface area contributed by atoms with Gasteiger partial charge in [0.25, 0.3) is 0 Å². The van der Waals surface area contributed by atoms with Crippen molar-refractivity contribution < 1.29 is 24.1 Å². The number of aromatic nitrogens is 4. The van der Waals surface area contributed by atoms with Crippen molar-refractivity contribution in [1.82, 2.24) is 19.7 Å². The molecule has 0 atom stereocenters. The van der Waals surface area contributed by atoms with Crippen LogP contribution in [0.5, 0.6) is 0 Å². The maximum absolute atomic E-state index is 8.78. The van der Waals surface area contributed by atoms with E-state index in [0.29, 0.717) is 6.54 Å². The Kier molecular flexibility index (Phi) is 24.7. The van der Waals surface area contributed by atoms with Crippen LogP contribution < -0.4 is 5.32 Å². The molecule has 0 amide bonds. The first-order chi connectivity index (χ1) is 29.6. The average Bonchev–Trinajstić information content (AvgIpc) is 3.64. The Bertz CT molecular complexity index is 1760. The molecule has 60 heavy (non-hydrogen) atoms. The molecule has 11 heteroatoms. The molecule has 0 fully saturated rings. The summed E-state index contributed by atoms with van der Waals surface area (Å²) in [6.45, 7) is 15.7. The second kappa shape index (κ2) is 30.3. The Labute approximate surface area is 361 Å². The van der Waals surface area contributed by atoms with Crippen LogP contribution in [0, 0.1) is 6.92 Å². The minimum Gasteiger partial charge on any atom is -0.396 e. The number of nitrogens with zero attached hydrogens (tertiary/aromatic N) is 5. The zero-order chi connectivity index (χ0) is 42.5. The van der Waals surface area contributed by atoms with Crippen LogP contribution in [-0.2, 0) is 38.3 Å². The van der Waals surface area contributed by atoms with E-state index >= 15 is 0 Å². The second-order valence-electron chi connectivity index (χ2n) is 15.9. The number of aryl methyl sites for hydroxylation is 3. The third-order valence-electron chi connectivity index (χ3n) is 11.1. The lowest BCUT2D eigenvalue weighted by molar-refractivity contribution is 0.108. The number of nitrogens with one attached hydrogen (secondary N) is 1. The summed E-state index contributed by atoms with van der Waals surface area (Å²) in [5, 5.41) is 18.0. The molecular formula is C49H76N6O5. The molecule has 11 nitrogen and oxygen atoms in total. The molecular weight excluding hydrogens is 753 g/mol. The van der Waals surface area contributed by atoms with Gasteiger partial charge in [0.05, 0.1) is 17.6 Å². The Morgan fingerprint density at radius 1 is 0.667 bits per heavy atom. The van der Waals surface area contributed by atoms with Gasteiger partial charge in [-0.3, -0.25) is 4.99 Å². The van der Waals surface area contributed by atoms with Crippen LogP contribution in [0.2, 0.25) is 0 Å². The number of rotatable bonds is 36. The normalized spacial score (nSPS) is 11.5. The third-order valence-corrected chi connectivity index (χ3v) is 11.1. The highest BCUT2D eigenvalue weighted by Crippen LogP contribution is 2.34. The van der Waals surface area contributed by atoms with Crippen LogP contribution in [0.15, 0.2) is 47.7 Å². The highest BCUT2D eigenvalue weighted by Gasteiger charge is 2.19. The van der Waals surface area contributed by atoms with Crippen LogP contribution in [0.4, 0.5) is 11.5 Å². The molecule has 0 saturated carbocycles. The molecule has 4 aromatic rings. The molecule has 0 aliphatic heterocycles. The number of fused-ring (bicyclic) bond motifs is 1. The number of aliphatic hydroxyl groups excluding tert-OH is 1. The first kappa shape index (κ1) is 48.9. The van der Waals surface area contributed by atoms with Crippen molar-refractivity contribution in [3.8, 4) is 11.3 Å². The number of anilines is 1. The summed E-state index contributed by atoms with van der Waals surface area (Å²) in [6.07, 6.45) is 21.6. The maximum Gasteiger partial charge on any atom is 0.164 e. The molecule has 2 N–H and O–H groups in total. The average molecular weight is 829 g/mol. The van der Waals surface area contributed by atoms with Gasteiger partial charge in [-0.2, -0.15) is 5.10 Å². The summed E-state index contributed by atoms with van der Waals surface area (Å²) in [5.74, 6) is 0.751. The van der Waals surface area contributed by atoms with Gasteiger partial charge in [0.15, 0.2) is 5.65 Å². The van der Waals surface area contributed by atoms with Crippen molar-refractivity contribution in [3.63, 3.8) is 0 Å². The Balaban J connectivity index is 1.01. The number of unbranched alkanes of at least 4 members (excludes halogenated alkanes) is 11. The van der Waals surface area contributed by atoms with E-state index in [9.17, 15) is 0 Å². The summed E-state index contributed by atoms with van der Waals surface area (Å²) in [5.41, 5.74) is 8.53. The quantitative estimate of drug-likeness (QED) is 0.0340. The smallest absolute Gasteiger partial charge is 0.164 e. The Morgan fingerprint density at radius 3 is 1.77 bits per heavy atom. The molecule has 2 aromatic heterocycles. The van der Waals surface area contributed by atoms with Gasteiger partial charge in [0.2, 0.25) is 0 Å². The van der Waals surface area contributed by atoms with Crippen LogP contribution >= 0.6 is 0 Å². The molecule has 2 aromatic carbocycles. The minimum atomic E-state index is 0.287. The van der Waals surface area contributed by atoms with E-state index in [1.165, 1.54) is 42.4 Å². The minimum absolute atomic E-state index is 0.287. The van der Waals surface area contributed by atoms with Crippen LogP contribution in [0.1, 0.15) is 132 Å². The molecule has 0 radical (unpaired) electrons. The summed E-state index contributed by atoms with van der Waals surface area (Å²) >= 11 is 0. The fraction of sp³-hybridized carbons (Fsp3) is 0.633. The largest absolute Gasteiger partial charge is 0.396 e. The zero-order valence-electron chi connectivity index (χ0n) is 37.4. The van der Waals surface area contributed by atoms with E-state index in [1.807, 2.05) is 24.7 Å². The summed E-state index contributed by atoms with van der Waals surface area (Å²) in [4.78, 5) is 13.4. The van der Waals surface area contributed by atoms with E-state index < -0.39 is 0 Å². The van der Waals surface area contributed by atoms with Crippen molar-refractivity contribution >= 4 is 29.3 Å². The van der Waals surface area contributed by atoms with Crippen LogP contribution in [0.25, 0.3) is 22.3 Å². The van der Waals surface area contributed by atoms with Gasteiger partial charge >= 0.3 is 0 Å². The number of hydrogen-bond donors (Lipinski definition) is 2. The second-order valence-corrected chi connectivity index (χ2v) is 15.9. The molecule has 0 spiro atoms. The Morgan fingerprint density at radius 2 is 1.22 bits per heavy atom. The predicted molar refractivity (Wildman–Crippen MR) is 247 cm³/mol. The van der Waals surface area contributed by atoms with Gasteiger partial charge in [-0.25, -0.2) is 14.6 Å². The lowest BCUT2D eigenvalue weighted by Crippen LogP contribution is -2.05. The van der Waals surface area contributed by atoms with Crippen molar-refractivity contribution in [2.45, 2.75) is 136 Å². The third kappa shape index (κ3) is 17.7. The topological polar surface area (TPSA) is 125 Å².